The van der Waals surface area contributed by atoms with E-state index in [1.165, 1.54) is 19.2 Å². The number of amides is 1. The van der Waals surface area contributed by atoms with Crippen LogP contribution in [0.5, 0.6) is 11.5 Å². The monoisotopic (exact) mass is 359 g/mol. The standard InChI is InChI=1S/C18H17NO7/c1-25-17(23)12-4-2-11(3-5-12)9-19-16(22)10-26-18(24)14-7-6-13(20)8-15(14)21/h2-8,20-21H,9-10H2,1H3,(H,19,22). The first-order valence-electron chi connectivity index (χ1n) is 7.53. The molecule has 2 aromatic carbocycles. The van der Waals surface area contributed by atoms with Crippen LogP contribution in [0.2, 0.25) is 0 Å². The number of hydrogen-bond acceptors (Lipinski definition) is 7. The zero-order valence-electron chi connectivity index (χ0n) is 13.9. The van der Waals surface area contributed by atoms with Gasteiger partial charge in [0.15, 0.2) is 6.61 Å². The lowest BCUT2D eigenvalue weighted by Gasteiger charge is -2.08. The molecule has 3 N–H and O–H groups in total. The first kappa shape index (κ1) is 18.8. The fourth-order valence-electron chi connectivity index (χ4n) is 2.03. The summed E-state index contributed by atoms with van der Waals surface area (Å²) in [6.45, 7) is -0.346. The molecule has 0 radical (unpaired) electrons. The van der Waals surface area contributed by atoms with Crippen molar-refractivity contribution >= 4 is 17.8 Å². The summed E-state index contributed by atoms with van der Waals surface area (Å²) in [4.78, 5) is 34.9. The first-order chi connectivity index (χ1) is 12.4. The summed E-state index contributed by atoms with van der Waals surface area (Å²) in [5, 5.41) is 21.3. The van der Waals surface area contributed by atoms with Gasteiger partial charge in [0.2, 0.25) is 0 Å². The van der Waals surface area contributed by atoms with Gasteiger partial charge < -0.3 is 25.0 Å². The molecule has 8 heteroatoms. The van der Waals surface area contributed by atoms with Gasteiger partial charge in [0.05, 0.1) is 12.7 Å². The van der Waals surface area contributed by atoms with Crippen molar-refractivity contribution < 1.29 is 34.1 Å². The molecule has 0 aliphatic heterocycles. The van der Waals surface area contributed by atoms with Crippen LogP contribution >= 0.6 is 0 Å². The molecule has 0 saturated carbocycles. The maximum absolute atomic E-state index is 11.8. The molecule has 0 aliphatic rings. The van der Waals surface area contributed by atoms with Crippen LogP contribution in [0.3, 0.4) is 0 Å². The molecule has 136 valence electrons. The van der Waals surface area contributed by atoms with Crippen LogP contribution in [0.4, 0.5) is 0 Å². The van der Waals surface area contributed by atoms with E-state index < -0.39 is 30.2 Å². The van der Waals surface area contributed by atoms with E-state index in [1.807, 2.05) is 0 Å². The van der Waals surface area contributed by atoms with Crippen molar-refractivity contribution in [3.8, 4) is 11.5 Å². The molecule has 0 atom stereocenters. The Labute approximate surface area is 149 Å². The molecule has 2 rings (SSSR count). The van der Waals surface area contributed by atoms with E-state index >= 15 is 0 Å². The molecule has 8 nitrogen and oxygen atoms in total. The summed E-state index contributed by atoms with van der Waals surface area (Å²) >= 11 is 0. The number of carbonyl (C=O) groups excluding carboxylic acids is 3. The third-order valence-corrected chi connectivity index (χ3v) is 3.40. The first-order valence-corrected chi connectivity index (χ1v) is 7.53. The minimum absolute atomic E-state index is 0.158. The zero-order chi connectivity index (χ0) is 19.1. The third-order valence-electron chi connectivity index (χ3n) is 3.40. The van der Waals surface area contributed by atoms with Crippen molar-refractivity contribution in [1.29, 1.82) is 0 Å². The second-order valence-electron chi connectivity index (χ2n) is 5.24. The Kier molecular flexibility index (Phi) is 6.15. The average Bonchev–Trinajstić information content (AvgIpc) is 2.64. The van der Waals surface area contributed by atoms with E-state index in [1.54, 1.807) is 24.3 Å². The highest BCUT2D eigenvalue weighted by Gasteiger charge is 2.15. The van der Waals surface area contributed by atoms with Crippen LogP contribution in [0.1, 0.15) is 26.3 Å². The topological polar surface area (TPSA) is 122 Å². The number of aromatic hydroxyl groups is 2. The summed E-state index contributed by atoms with van der Waals surface area (Å²) in [5.74, 6) is -2.52. The lowest BCUT2D eigenvalue weighted by Crippen LogP contribution is -2.28. The predicted octanol–water partition coefficient (Wildman–Crippen LogP) is 1.36. The second-order valence-corrected chi connectivity index (χ2v) is 5.24. The normalized spacial score (nSPS) is 10.0. The van der Waals surface area contributed by atoms with Crippen molar-refractivity contribution in [2.24, 2.45) is 0 Å². The van der Waals surface area contributed by atoms with Gasteiger partial charge in [-0.1, -0.05) is 12.1 Å². The highest BCUT2D eigenvalue weighted by Crippen LogP contribution is 2.23. The van der Waals surface area contributed by atoms with Crippen LogP contribution in [0.15, 0.2) is 42.5 Å². The van der Waals surface area contributed by atoms with Crippen molar-refractivity contribution in [2.75, 3.05) is 13.7 Å². The Morgan fingerprint density at radius 3 is 2.31 bits per heavy atom. The second kappa shape index (κ2) is 8.52. The molecule has 1 amide bonds. The van der Waals surface area contributed by atoms with Gasteiger partial charge in [0.25, 0.3) is 5.91 Å². The summed E-state index contributed by atoms with van der Waals surface area (Å²) in [6.07, 6.45) is 0. The van der Waals surface area contributed by atoms with E-state index in [0.717, 1.165) is 11.6 Å². The highest BCUT2D eigenvalue weighted by atomic mass is 16.5. The minimum Gasteiger partial charge on any atom is -0.508 e. The van der Waals surface area contributed by atoms with Gasteiger partial charge in [-0.15, -0.1) is 0 Å². The maximum atomic E-state index is 11.8. The van der Waals surface area contributed by atoms with Gasteiger partial charge in [0, 0.05) is 12.6 Å². The number of methoxy groups -OCH3 is 1. The average molecular weight is 359 g/mol. The highest BCUT2D eigenvalue weighted by molar-refractivity contribution is 5.94. The largest absolute Gasteiger partial charge is 0.508 e. The van der Waals surface area contributed by atoms with Gasteiger partial charge in [-0.25, -0.2) is 9.59 Å². The van der Waals surface area contributed by atoms with Crippen LogP contribution in [-0.4, -0.2) is 41.8 Å². The summed E-state index contributed by atoms with van der Waals surface area (Å²) < 4.78 is 9.40. The molecule has 0 saturated heterocycles. The minimum atomic E-state index is -0.889. The van der Waals surface area contributed by atoms with E-state index in [2.05, 4.69) is 10.1 Å². The summed E-state index contributed by atoms with van der Waals surface area (Å²) in [6, 6.07) is 9.86. The Morgan fingerprint density at radius 1 is 1.00 bits per heavy atom. The number of phenolic OH excluding ortho intramolecular Hbond substituents is 2. The number of benzene rings is 2. The van der Waals surface area contributed by atoms with Gasteiger partial charge in [-0.05, 0) is 29.8 Å². The zero-order valence-corrected chi connectivity index (χ0v) is 13.9. The molecule has 0 spiro atoms. The third kappa shape index (κ3) is 4.97. The Hall–Kier alpha value is -3.55. The van der Waals surface area contributed by atoms with Crippen LogP contribution in [0, 0.1) is 0 Å². The van der Waals surface area contributed by atoms with E-state index in [9.17, 15) is 24.6 Å². The lowest BCUT2D eigenvalue weighted by molar-refractivity contribution is -0.124. The quantitative estimate of drug-likeness (QED) is 0.666. The van der Waals surface area contributed by atoms with Crippen molar-refractivity contribution in [3.63, 3.8) is 0 Å². The lowest BCUT2D eigenvalue weighted by atomic mass is 10.1. The molecule has 2 aromatic rings. The molecule has 0 fully saturated rings. The van der Waals surface area contributed by atoms with Gasteiger partial charge >= 0.3 is 11.9 Å². The van der Waals surface area contributed by atoms with Crippen LogP contribution in [0.25, 0.3) is 0 Å². The van der Waals surface area contributed by atoms with Gasteiger partial charge in [-0.2, -0.15) is 0 Å². The molecule has 0 aromatic heterocycles. The van der Waals surface area contributed by atoms with E-state index in [4.69, 9.17) is 4.74 Å². The predicted molar refractivity (Wildman–Crippen MR) is 89.7 cm³/mol. The maximum Gasteiger partial charge on any atom is 0.342 e. The number of carbonyl (C=O) groups is 3. The Balaban J connectivity index is 1.81. The van der Waals surface area contributed by atoms with Crippen LogP contribution in [-0.2, 0) is 20.8 Å². The number of rotatable bonds is 6. The van der Waals surface area contributed by atoms with Gasteiger partial charge in [-0.3, -0.25) is 4.79 Å². The number of nitrogens with one attached hydrogen (secondary N) is 1. The van der Waals surface area contributed by atoms with Gasteiger partial charge in [0.1, 0.15) is 17.1 Å². The van der Waals surface area contributed by atoms with Crippen molar-refractivity contribution in [2.45, 2.75) is 6.54 Å². The van der Waals surface area contributed by atoms with Crippen molar-refractivity contribution in [1.82, 2.24) is 5.32 Å². The smallest absolute Gasteiger partial charge is 0.342 e. The molecule has 0 heterocycles. The number of esters is 2. The number of ether oxygens (including phenoxy) is 2. The van der Waals surface area contributed by atoms with E-state index in [0.29, 0.717) is 5.56 Å². The molecule has 0 aliphatic carbocycles. The van der Waals surface area contributed by atoms with E-state index in [-0.39, 0.29) is 17.9 Å². The summed E-state index contributed by atoms with van der Waals surface area (Å²) in [5.41, 5.74) is 0.979. The fourth-order valence-corrected chi connectivity index (χ4v) is 2.03. The molecular formula is C18H17NO7. The molecule has 0 unspecified atom stereocenters. The molecular weight excluding hydrogens is 342 g/mol. The Bertz CT molecular complexity index is 815. The summed E-state index contributed by atoms with van der Waals surface area (Å²) in [7, 11) is 1.29. The van der Waals surface area contributed by atoms with Crippen molar-refractivity contribution in [3.05, 3.63) is 59.2 Å². The Morgan fingerprint density at radius 2 is 1.69 bits per heavy atom. The number of phenols is 2. The molecule has 0 bridgehead atoms. The molecule has 26 heavy (non-hydrogen) atoms. The fraction of sp³-hybridized carbons (Fsp3) is 0.167. The van der Waals surface area contributed by atoms with Crippen LogP contribution < -0.4 is 5.32 Å². The SMILES string of the molecule is COC(=O)c1ccc(CNC(=O)COC(=O)c2ccc(O)cc2O)cc1. The number of hydrogen-bond donors (Lipinski definition) is 3.